The van der Waals surface area contributed by atoms with E-state index in [4.69, 9.17) is 0 Å². The van der Waals surface area contributed by atoms with Gasteiger partial charge in [0.2, 0.25) is 0 Å². The van der Waals surface area contributed by atoms with Gasteiger partial charge in [-0.25, -0.2) is 8.78 Å². The Balaban J connectivity index is 4.58. The normalized spacial score (nSPS) is 16.2. The van der Waals surface area contributed by atoms with Gasteiger partial charge in [0, 0.05) is 6.42 Å². The Morgan fingerprint density at radius 3 is 1.83 bits per heavy atom. The van der Waals surface area contributed by atoms with Crippen LogP contribution < -0.4 is 0 Å². The summed E-state index contributed by atoms with van der Waals surface area (Å²) >= 11 is 0. The molecule has 0 heterocycles. The van der Waals surface area contributed by atoms with Crippen LogP contribution in [0.25, 0.3) is 0 Å². The molecule has 0 aromatic heterocycles. The lowest BCUT2D eigenvalue weighted by Gasteiger charge is -2.26. The first-order chi connectivity index (χ1) is 5.29. The summed E-state index contributed by atoms with van der Waals surface area (Å²) in [5.41, 5.74) is 0. The van der Waals surface area contributed by atoms with E-state index >= 15 is 0 Å². The Hall–Kier alpha value is -0.420. The van der Waals surface area contributed by atoms with Crippen molar-refractivity contribution >= 4 is 0 Å². The van der Waals surface area contributed by atoms with Gasteiger partial charge in [0.05, 0.1) is 0 Å². The first kappa shape index (κ1) is 11.6. The first-order valence-electron chi connectivity index (χ1n) is 3.25. The van der Waals surface area contributed by atoms with Crippen LogP contribution in [0.1, 0.15) is 13.3 Å². The third-order valence-corrected chi connectivity index (χ3v) is 1.46. The Morgan fingerprint density at radius 2 is 1.58 bits per heavy atom. The minimum atomic E-state index is -4.92. The van der Waals surface area contributed by atoms with Crippen LogP contribution in [0.3, 0.4) is 0 Å². The van der Waals surface area contributed by atoms with E-state index in [1.165, 1.54) is 0 Å². The lowest BCUT2D eigenvalue weighted by molar-refractivity contribution is -0.241. The zero-order valence-electron chi connectivity index (χ0n) is 6.26. The van der Waals surface area contributed by atoms with Gasteiger partial charge in [-0.05, 0) is 0 Å². The molecule has 0 saturated heterocycles. The molecule has 0 aliphatic rings. The highest BCUT2D eigenvalue weighted by Gasteiger charge is 2.60. The van der Waals surface area contributed by atoms with Gasteiger partial charge in [0.25, 0.3) is 0 Å². The van der Waals surface area contributed by atoms with Crippen LogP contribution in [-0.2, 0) is 0 Å². The molecule has 0 aliphatic heterocycles. The fourth-order valence-corrected chi connectivity index (χ4v) is 0.562. The predicted molar refractivity (Wildman–Crippen MR) is 31.1 cm³/mol. The van der Waals surface area contributed by atoms with Crippen molar-refractivity contribution in [3.8, 4) is 0 Å². The molecule has 0 rings (SSSR count). The van der Waals surface area contributed by atoms with Gasteiger partial charge < -0.3 is 0 Å². The molecule has 12 heavy (non-hydrogen) atoms. The highest BCUT2D eigenvalue weighted by Crippen LogP contribution is 2.40. The van der Waals surface area contributed by atoms with E-state index < -0.39 is 31.1 Å². The van der Waals surface area contributed by atoms with Crippen LogP contribution in [0.15, 0.2) is 0 Å². The maximum absolute atomic E-state index is 12.2. The number of hydrogen-bond acceptors (Lipinski definition) is 0. The number of rotatable bonds is 4. The van der Waals surface area contributed by atoms with E-state index in [0.717, 1.165) is 6.92 Å². The van der Waals surface area contributed by atoms with Crippen LogP contribution in [0.2, 0.25) is 0 Å². The van der Waals surface area contributed by atoms with Gasteiger partial charge >= 0.3 is 11.8 Å². The van der Waals surface area contributed by atoms with E-state index in [-0.39, 0.29) is 0 Å². The number of alkyl halides is 6. The van der Waals surface area contributed by atoms with Crippen LogP contribution in [-0.4, -0.2) is 24.7 Å². The summed E-state index contributed by atoms with van der Waals surface area (Å²) in [7, 11) is 0. The zero-order chi connectivity index (χ0) is 9.99. The second-order valence-electron chi connectivity index (χ2n) is 2.30. The molecule has 1 atom stereocenters. The molecule has 0 spiro atoms. The van der Waals surface area contributed by atoms with Crippen LogP contribution in [0.5, 0.6) is 0 Å². The molecule has 0 aromatic rings. The Kier molecular flexibility index (Phi) is 3.41. The number of hydrogen-bond donors (Lipinski definition) is 0. The SMILES string of the molecule is CCC(F)(F)C(F)(F)[C@@H](F)CF. The second-order valence-corrected chi connectivity index (χ2v) is 2.30. The van der Waals surface area contributed by atoms with Gasteiger partial charge in [0.15, 0.2) is 6.17 Å². The lowest BCUT2D eigenvalue weighted by Crippen LogP contribution is -2.48. The van der Waals surface area contributed by atoms with Crippen molar-refractivity contribution in [3.63, 3.8) is 0 Å². The minimum absolute atomic E-state index is 0.777. The van der Waals surface area contributed by atoms with E-state index in [1.807, 2.05) is 0 Å². The summed E-state index contributed by atoms with van der Waals surface area (Å²) in [5.74, 6) is -9.41. The summed E-state index contributed by atoms with van der Waals surface area (Å²) in [4.78, 5) is 0. The average molecular weight is 194 g/mol. The molecule has 74 valence electrons. The standard InChI is InChI=1S/C6H8F6/c1-2-5(9,10)6(11,12)4(8)3-7/h4H,2-3H2,1H3/t4-/m0/s1. The van der Waals surface area contributed by atoms with Crippen LogP contribution in [0.4, 0.5) is 26.3 Å². The van der Waals surface area contributed by atoms with E-state index in [1.54, 1.807) is 0 Å². The van der Waals surface area contributed by atoms with Crippen LogP contribution in [0, 0.1) is 0 Å². The molecule has 0 fully saturated rings. The highest BCUT2D eigenvalue weighted by atomic mass is 19.3. The number of halogens is 6. The fraction of sp³-hybridized carbons (Fsp3) is 1.00. The molecular weight excluding hydrogens is 186 g/mol. The van der Waals surface area contributed by atoms with Gasteiger partial charge in [-0.3, -0.25) is 0 Å². The lowest BCUT2D eigenvalue weighted by atomic mass is 10.1. The van der Waals surface area contributed by atoms with E-state index in [9.17, 15) is 26.3 Å². The molecule has 0 amide bonds. The summed E-state index contributed by atoms with van der Waals surface area (Å²) in [6, 6.07) is 0. The maximum atomic E-state index is 12.2. The molecule has 0 nitrogen and oxygen atoms in total. The summed E-state index contributed by atoms with van der Waals surface area (Å²) in [6.45, 7) is -1.33. The van der Waals surface area contributed by atoms with Crippen molar-refractivity contribution in [1.29, 1.82) is 0 Å². The van der Waals surface area contributed by atoms with Gasteiger partial charge in [-0.1, -0.05) is 6.92 Å². The largest absolute Gasteiger partial charge is 0.343 e. The van der Waals surface area contributed by atoms with Crippen molar-refractivity contribution in [1.82, 2.24) is 0 Å². The first-order valence-corrected chi connectivity index (χ1v) is 3.25. The Bertz CT molecular complexity index is 143. The van der Waals surface area contributed by atoms with E-state index in [0.29, 0.717) is 0 Å². The predicted octanol–water partition coefficient (Wildman–Crippen LogP) is 2.97. The Morgan fingerprint density at radius 1 is 1.17 bits per heavy atom. The van der Waals surface area contributed by atoms with Gasteiger partial charge in [0.1, 0.15) is 6.67 Å². The topological polar surface area (TPSA) is 0 Å². The van der Waals surface area contributed by atoms with Crippen LogP contribution >= 0.6 is 0 Å². The van der Waals surface area contributed by atoms with Crippen molar-refractivity contribution in [3.05, 3.63) is 0 Å². The zero-order valence-corrected chi connectivity index (χ0v) is 6.26. The molecule has 0 aromatic carbocycles. The molecular formula is C6H8F6. The molecule has 0 unspecified atom stereocenters. The van der Waals surface area contributed by atoms with Crippen molar-refractivity contribution in [2.75, 3.05) is 6.67 Å². The highest BCUT2D eigenvalue weighted by molar-refractivity contribution is 4.89. The summed E-state index contributed by atoms with van der Waals surface area (Å²) < 4.78 is 72.2. The molecule has 0 radical (unpaired) electrons. The molecule has 0 saturated carbocycles. The summed E-state index contributed by atoms with van der Waals surface area (Å²) in [5, 5.41) is 0. The maximum Gasteiger partial charge on any atom is 0.343 e. The quantitative estimate of drug-likeness (QED) is 0.603. The fourth-order valence-electron chi connectivity index (χ4n) is 0.562. The Labute approximate surface area is 65.6 Å². The summed E-state index contributed by atoms with van der Waals surface area (Å²) in [6.07, 6.45) is -4.66. The third kappa shape index (κ3) is 1.84. The van der Waals surface area contributed by atoms with Crippen molar-refractivity contribution < 1.29 is 26.3 Å². The van der Waals surface area contributed by atoms with Gasteiger partial charge in [-0.15, -0.1) is 0 Å². The van der Waals surface area contributed by atoms with E-state index in [2.05, 4.69) is 0 Å². The monoisotopic (exact) mass is 194 g/mol. The van der Waals surface area contributed by atoms with Gasteiger partial charge in [-0.2, -0.15) is 17.6 Å². The second kappa shape index (κ2) is 3.53. The molecule has 6 heteroatoms. The van der Waals surface area contributed by atoms with Crippen molar-refractivity contribution in [2.24, 2.45) is 0 Å². The molecule has 0 bridgehead atoms. The minimum Gasteiger partial charge on any atom is -0.248 e. The third-order valence-electron chi connectivity index (χ3n) is 1.46. The average Bonchev–Trinajstić information content (AvgIpc) is 2.02. The molecule has 0 aliphatic carbocycles. The van der Waals surface area contributed by atoms with Crippen molar-refractivity contribution in [2.45, 2.75) is 31.4 Å². The smallest absolute Gasteiger partial charge is 0.248 e. The molecule has 0 N–H and O–H groups in total.